The molecule has 1 aliphatic heterocycles. The highest BCUT2D eigenvalue weighted by Gasteiger charge is 2.28. The maximum Gasteiger partial charge on any atom is 0.0473 e. The molecule has 0 aliphatic carbocycles. The zero-order valence-electron chi connectivity index (χ0n) is 11.9. The van der Waals surface area contributed by atoms with Crippen LogP contribution in [-0.4, -0.2) is 24.0 Å². The molecule has 1 aliphatic rings. The van der Waals surface area contributed by atoms with Crippen molar-refractivity contribution in [3.8, 4) is 0 Å². The van der Waals surface area contributed by atoms with Crippen LogP contribution in [0.25, 0.3) is 0 Å². The predicted octanol–water partition coefficient (Wildman–Crippen LogP) is 3.12. The lowest BCUT2D eigenvalue weighted by molar-refractivity contribution is 0.0847. The first-order valence-corrected chi connectivity index (χ1v) is 7.14. The molecule has 1 aromatic rings. The summed E-state index contributed by atoms with van der Waals surface area (Å²) in [6.07, 6.45) is 2.59. The summed E-state index contributed by atoms with van der Waals surface area (Å²) < 4.78 is 0. The van der Waals surface area contributed by atoms with Gasteiger partial charge in [0.25, 0.3) is 0 Å². The highest BCUT2D eigenvalue weighted by molar-refractivity contribution is 5.24. The van der Waals surface area contributed by atoms with Crippen LogP contribution in [0.4, 0.5) is 0 Å². The van der Waals surface area contributed by atoms with Crippen LogP contribution in [-0.2, 0) is 0 Å². The highest BCUT2D eigenvalue weighted by Crippen LogP contribution is 2.30. The minimum atomic E-state index is 0.382. The molecule has 0 radical (unpaired) electrons. The van der Waals surface area contributed by atoms with Gasteiger partial charge in [0.2, 0.25) is 0 Å². The SMILES string of the molecule is Cc1ccc(C(CN)N2CCC(C)CC2C)cc1. The Kier molecular flexibility index (Phi) is 4.41. The second-order valence-corrected chi connectivity index (χ2v) is 5.88. The molecule has 2 rings (SSSR count). The summed E-state index contributed by atoms with van der Waals surface area (Å²) >= 11 is 0. The lowest BCUT2D eigenvalue weighted by atomic mass is 9.90. The van der Waals surface area contributed by atoms with Crippen LogP contribution in [0.15, 0.2) is 24.3 Å². The molecule has 0 saturated carbocycles. The van der Waals surface area contributed by atoms with Crippen molar-refractivity contribution in [2.45, 2.75) is 45.7 Å². The Hall–Kier alpha value is -0.860. The third kappa shape index (κ3) is 2.93. The Labute approximate surface area is 111 Å². The fourth-order valence-electron chi connectivity index (χ4n) is 3.14. The van der Waals surface area contributed by atoms with E-state index < -0.39 is 0 Å². The minimum Gasteiger partial charge on any atom is -0.329 e. The van der Waals surface area contributed by atoms with Gasteiger partial charge in [0.05, 0.1) is 0 Å². The summed E-state index contributed by atoms with van der Waals surface area (Å²) in [5, 5.41) is 0. The molecular formula is C16H26N2. The molecule has 3 unspecified atom stereocenters. The third-order valence-electron chi connectivity index (χ3n) is 4.28. The quantitative estimate of drug-likeness (QED) is 0.888. The number of nitrogens with zero attached hydrogens (tertiary/aromatic N) is 1. The van der Waals surface area contributed by atoms with Crippen LogP contribution >= 0.6 is 0 Å². The first kappa shape index (κ1) is 13.6. The average Bonchev–Trinajstić information content (AvgIpc) is 2.35. The summed E-state index contributed by atoms with van der Waals surface area (Å²) in [4.78, 5) is 2.59. The molecule has 2 heteroatoms. The Bertz CT molecular complexity index is 371. The molecular weight excluding hydrogens is 220 g/mol. The fourth-order valence-corrected chi connectivity index (χ4v) is 3.14. The monoisotopic (exact) mass is 246 g/mol. The number of rotatable bonds is 3. The van der Waals surface area contributed by atoms with Gasteiger partial charge in [-0.05, 0) is 44.7 Å². The summed E-state index contributed by atoms with van der Waals surface area (Å²) in [6, 6.07) is 9.87. The van der Waals surface area contributed by atoms with Crippen LogP contribution in [0, 0.1) is 12.8 Å². The van der Waals surface area contributed by atoms with Gasteiger partial charge in [-0.1, -0.05) is 36.8 Å². The van der Waals surface area contributed by atoms with E-state index in [9.17, 15) is 0 Å². The van der Waals surface area contributed by atoms with Crippen molar-refractivity contribution < 1.29 is 0 Å². The first-order valence-electron chi connectivity index (χ1n) is 7.14. The molecule has 3 atom stereocenters. The van der Waals surface area contributed by atoms with Gasteiger partial charge < -0.3 is 5.73 Å². The van der Waals surface area contributed by atoms with Gasteiger partial charge in [0.15, 0.2) is 0 Å². The summed E-state index contributed by atoms with van der Waals surface area (Å²) in [5.74, 6) is 0.854. The summed E-state index contributed by atoms with van der Waals surface area (Å²) in [6.45, 7) is 8.72. The Balaban J connectivity index is 2.15. The summed E-state index contributed by atoms with van der Waals surface area (Å²) in [5.41, 5.74) is 8.71. The number of hydrogen-bond donors (Lipinski definition) is 1. The molecule has 100 valence electrons. The van der Waals surface area contributed by atoms with Crippen LogP contribution < -0.4 is 5.73 Å². The van der Waals surface area contributed by atoms with Gasteiger partial charge in [-0.2, -0.15) is 0 Å². The first-order chi connectivity index (χ1) is 8.61. The van der Waals surface area contributed by atoms with E-state index in [0.717, 1.165) is 5.92 Å². The van der Waals surface area contributed by atoms with Crippen molar-refractivity contribution in [1.29, 1.82) is 0 Å². The van der Waals surface area contributed by atoms with E-state index in [1.165, 1.54) is 30.5 Å². The van der Waals surface area contributed by atoms with Crippen LogP contribution in [0.1, 0.15) is 43.9 Å². The van der Waals surface area contributed by atoms with Crippen molar-refractivity contribution in [3.05, 3.63) is 35.4 Å². The van der Waals surface area contributed by atoms with Crippen LogP contribution in [0.3, 0.4) is 0 Å². The van der Waals surface area contributed by atoms with E-state index in [4.69, 9.17) is 5.73 Å². The molecule has 1 heterocycles. The average molecular weight is 246 g/mol. The van der Waals surface area contributed by atoms with E-state index in [1.807, 2.05) is 0 Å². The number of nitrogens with two attached hydrogens (primary N) is 1. The van der Waals surface area contributed by atoms with Gasteiger partial charge in [0.1, 0.15) is 0 Å². The van der Waals surface area contributed by atoms with Gasteiger partial charge >= 0.3 is 0 Å². The molecule has 1 saturated heterocycles. The molecule has 0 amide bonds. The van der Waals surface area contributed by atoms with Gasteiger partial charge in [0, 0.05) is 18.6 Å². The topological polar surface area (TPSA) is 29.3 Å². The molecule has 1 fully saturated rings. The van der Waals surface area contributed by atoms with Gasteiger partial charge in [-0.3, -0.25) is 4.90 Å². The second-order valence-electron chi connectivity index (χ2n) is 5.88. The van der Waals surface area contributed by atoms with E-state index in [0.29, 0.717) is 18.6 Å². The molecule has 0 bridgehead atoms. The van der Waals surface area contributed by atoms with Crippen molar-refractivity contribution in [1.82, 2.24) is 4.90 Å². The third-order valence-corrected chi connectivity index (χ3v) is 4.28. The van der Waals surface area contributed by atoms with E-state index in [2.05, 4.69) is 49.9 Å². The standard InChI is InChI=1S/C16H26N2/c1-12-4-6-15(7-5-12)16(11-17)18-9-8-13(2)10-14(18)3/h4-7,13-14,16H,8-11,17H2,1-3H3. The lowest BCUT2D eigenvalue weighted by Crippen LogP contribution is -2.44. The Morgan fingerprint density at radius 3 is 2.50 bits per heavy atom. The zero-order chi connectivity index (χ0) is 13.1. The lowest BCUT2D eigenvalue weighted by Gasteiger charge is -2.41. The number of piperidine rings is 1. The second kappa shape index (κ2) is 5.85. The Morgan fingerprint density at radius 1 is 1.28 bits per heavy atom. The van der Waals surface area contributed by atoms with Crippen LogP contribution in [0.2, 0.25) is 0 Å². The maximum atomic E-state index is 6.03. The largest absolute Gasteiger partial charge is 0.329 e. The summed E-state index contributed by atoms with van der Waals surface area (Å²) in [7, 11) is 0. The zero-order valence-corrected chi connectivity index (χ0v) is 11.9. The van der Waals surface area contributed by atoms with Crippen molar-refractivity contribution in [2.75, 3.05) is 13.1 Å². The minimum absolute atomic E-state index is 0.382. The number of aryl methyl sites for hydroxylation is 1. The fraction of sp³-hybridized carbons (Fsp3) is 0.625. The normalized spacial score (nSPS) is 27.1. The molecule has 2 nitrogen and oxygen atoms in total. The van der Waals surface area contributed by atoms with Crippen molar-refractivity contribution in [3.63, 3.8) is 0 Å². The molecule has 2 N–H and O–H groups in total. The van der Waals surface area contributed by atoms with Gasteiger partial charge in [-0.25, -0.2) is 0 Å². The van der Waals surface area contributed by atoms with E-state index in [1.54, 1.807) is 0 Å². The van der Waals surface area contributed by atoms with Gasteiger partial charge in [-0.15, -0.1) is 0 Å². The van der Waals surface area contributed by atoms with Crippen molar-refractivity contribution in [2.24, 2.45) is 11.7 Å². The number of likely N-dealkylation sites (tertiary alicyclic amines) is 1. The molecule has 0 spiro atoms. The van der Waals surface area contributed by atoms with Crippen molar-refractivity contribution >= 4 is 0 Å². The molecule has 1 aromatic carbocycles. The van der Waals surface area contributed by atoms with Crippen LogP contribution in [0.5, 0.6) is 0 Å². The predicted molar refractivity (Wildman–Crippen MR) is 77.5 cm³/mol. The maximum absolute atomic E-state index is 6.03. The van der Waals surface area contributed by atoms with E-state index in [-0.39, 0.29) is 0 Å². The van der Waals surface area contributed by atoms with E-state index >= 15 is 0 Å². The number of benzene rings is 1. The number of hydrogen-bond acceptors (Lipinski definition) is 2. The smallest absolute Gasteiger partial charge is 0.0473 e. The Morgan fingerprint density at radius 2 is 1.94 bits per heavy atom. The molecule has 0 aromatic heterocycles. The molecule has 18 heavy (non-hydrogen) atoms. The highest BCUT2D eigenvalue weighted by atomic mass is 15.2.